The first kappa shape index (κ1) is 13.0. The van der Waals surface area contributed by atoms with Gasteiger partial charge in [-0.3, -0.25) is 0 Å². The van der Waals surface area contributed by atoms with Crippen LogP contribution in [0.15, 0.2) is 36.7 Å². The van der Waals surface area contributed by atoms with Gasteiger partial charge in [-0.05, 0) is 30.2 Å². The van der Waals surface area contributed by atoms with Gasteiger partial charge in [0, 0.05) is 17.1 Å². The summed E-state index contributed by atoms with van der Waals surface area (Å²) in [4.78, 5) is 11.0. The molecule has 0 saturated carbocycles. The molecule has 0 aliphatic carbocycles. The van der Waals surface area contributed by atoms with Crippen LogP contribution in [0, 0.1) is 0 Å². The van der Waals surface area contributed by atoms with Gasteiger partial charge in [0.05, 0.1) is 5.39 Å². The molecule has 4 nitrogen and oxygen atoms in total. The topological polar surface area (TPSA) is 63.8 Å². The molecule has 0 fully saturated rings. The van der Waals surface area contributed by atoms with E-state index in [0.29, 0.717) is 6.54 Å². The van der Waals surface area contributed by atoms with Crippen molar-refractivity contribution < 1.29 is 0 Å². The second-order valence-electron chi connectivity index (χ2n) is 4.53. The third-order valence-electron chi connectivity index (χ3n) is 3.18. The van der Waals surface area contributed by atoms with E-state index in [2.05, 4.69) is 28.3 Å². The Labute approximate surface area is 121 Å². The van der Waals surface area contributed by atoms with Crippen molar-refractivity contribution in [1.82, 2.24) is 9.97 Å². The Kier molecular flexibility index (Phi) is 3.62. The third kappa shape index (κ3) is 2.50. The van der Waals surface area contributed by atoms with Gasteiger partial charge in [-0.25, -0.2) is 9.97 Å². The molecule has 3 N–H and O–H groups in total. The number of nitrogens with zero attached hydrogens (tertiary/aromatic N) is 2. The number of nitrogens with one attached hydrogen (secondary N) is 1. The zero-order valence-electron chi connectivity index (χ0n) is 11.3. The summed E-state index contributed by atoms with van der Waals surface area (Å²) in [5.74, 6) is 0.853. The lowest BCUT2D eigenvalue weighted by Crippen LogP contribution is -1.97. The molecular weight excluding hydrogens is 268 g/mol. The van der Waals surface area contributed by atoms with Crippen LogP contribution in [0.25, 0.3) is 10.2 Å². The van der Waals surface area contributed by atoms with E-state index in [1.807, 2.05) is 24.3 Å². The molecule has 2 aromatic heterocycles. The maximum atomic E-state index is 5.61. The Morgan fingerprint density at radius 3 is 2.70 bits per heavy atom. The van der Waals surface area contributed by atoms with E-state index in [1.54, 1.807) is 17.7 Å². The number of fused-ring (bicyclic) bond motifs is 1. The van der Waals surface area contributed by atoms with Crippen LogP contribution in [0.5, 0.6) is 0 Å². The van der Waals surface area contributed by atoms with Crippen molar-refractivity contribution in [2.24, 2.45) is 5.73 Å². The van der Waals surface area contributed by atoms with Gasteiger partial charge in [0.15, 0.2) is 0 Å². The first-order chi connectivity index (χ1) is 9.80. The van der Waals surface area contributed by atoms with Gasteiger partial charge in [0.2, 0.25) is 0 Å². The molecule has 0 unspecified atom stereocenters. The van der Waals surface area contributed by atoms with Crippen LogP contribution in [-0.2, 0) is 13.0 Å². The Morgan fingerprint density at radius 2 is 2.00 bits per heavy atom. The number of hydrogen-bond donors (Lipinski definition) is 2. The Balaban J connectivity index is 1.94. The van der Waals surface area contributed by atoms with Crippen molar-refractivity contribution in [3.05, 3.63) is 47.1 Å². The van der Waals surface area contributed by atoms with Crippen LogP contribution in [0.1, 0.15) is 17.4 Å². The summed E-state index contributed by atoms with van der Waals surface area (Å²) in [6.45, 7) is 2.71. The highest BCUT2D eigenvalue weighted by Crippen LogP contribution is 2.30. The smallest absolute Gasteiger partial charge is 0.142 e. The molecule has 3 rings (SSSR count). The molecule has 1 aromatic carbocycles. The molecule has 0 radical (unpaired) electrons. The summed E-state index contributed by atoms with van der Waals surface area (Å²) < 4.78 is 0. The zero-order valence-corrected chi connectivity index (χ0v) is 12.1. The van der Waals surface area contributed by atoms with Gasteiger partial charge in [0.1, 0.15) is 17.0 Å². The van der Waals surface area contributed by atoms with Crippen molar-refractivity contribution in [3.8, 4) is 0 Å². The van der Waals surface area contributed by atoms with Crippen LogP contribution in [0.2, 0.25) is 0 Å². The van der Waals surface area contributed by atoms with E-state index in [1.165, 1.54) is 4.88 Å². The zero-order chi connectivity index (χ0) is 13.9. The largest absolute Gasteiger partial charge is 0.340 e. The Bertz CT molecular complexity index is 718. The molecule has 0 aliphatic rings. The normalized spacial score (nSPS) is 10.9. The minimum atomic E-state index is 0.558. The predicted octanol–water partition coefficient (Wildman–Crippen LogP) is 3.46. The molecule has 0 atom stereocenters. The van der Waals surface area contributed by atoms with Crippen LogP contribution in [0.3, 0.4) is 0 Å². The second-order valence-corrected chi connectivity index (χ2v) is 5.65. The highest BCUT2D eigenvalue weighted by atomic mass is 32.1. The number of anilines is 2. The van der Waals surface area contributed by atoms with Crippen molar-refractivity contribution in [2.75, 3.05) is 5.32 Å². The van der Waals surface area contributed by atoms with E-state index >= 15 is 0 Å². The minimum Gasteiger partial charge on any atom is -0.340 e. The molecule has 0 bridgehead atoms. The van der Waals surface area contributed by atoms with Gasteiger partial charge >= 0.3 is 0 Å². The molecule has 0 saturated heterocycles. The van der Waals surface area contributed by atoms with Crippen LogP contribution < -0.4 is 11.1 Å². The molecule has 5 heteroatoms. The number of rotatable bonds is 4. The van der Waals surface area contributed by atoms with Gasteiger partial charge in [-0.1, -0.05) is 19.1 Å². The van der Waals surface area contributed by atoms with Gasteiger partial charge in [0.25, 0.3) is 0 Å². The summed E-state index contributed by atoms with van der Waals surface area (Å²) in [7, 11) is 0. The minimum absolute atomic E-state index is 0.558. The fraction of sp³-hybridized carbons (Fsp3) is 0.200. The van der Waals surface area contributed by atoms with E-state index in [9.17, 15) is 0 Å². The van der Waals surface area contributed by atoms with Crippen molar-refractivity contribution >= 4 is 33.1 Å². The third-order valence-corrected chi connectivity index (χ3v) is 4.37. The number of benzene rings is 1. The predicted molar refractivity (Wildman–Crippen MR) is 84.4 cm³/mol. The summed E-state index contributed by atoms with van der Waals surface area (Å²) in [5, 5.41) is 4.43. The average molecular weight is 284 g/mol. The molecular formula is C15H16N4S. The quantitative estimate of drug-likeness (QED) is 0.770. The van der Waals surface area contributed by atoms with E-state index in [4.69, 9.17) is 5.73 Å². The number of aryl methyl sites for hydroxylation is 1. The lowest BCUT2D eigenvalue weighted by molar-refractivity contribution is 1.07. The fourth-order valence-corrected chi connectivity index (χ4v) is 2.98. The number of nitrogens with two attached hydrogens (primary N) is 1. The SMILES string of the molecule is CCc1cc2c(Nc3ccc(CN)cc3)ncnc2s1. The first-order valence-corrected chi connectivity index (χ1v) is 7.41. The number of hydrogen-bond acceptors (Lipinski definition) is 5. The first-order valence-electron chi connectivity index (χ1n) is 6.59. The molecule has 2 heterocycles. The highest BCUT2D eigenvalue weighted by molar-refractivity contribution is 7.18. The molecule has 20 heavy (non-hydrogen) atoms. The Hall–Kier alpha value is -1.98. The number of thiophene rings is 1. The summed E-state index contributed by atoms with van der Waals surface area (Å²) in [6, 6.07) is 10.2. The monoisotopic (exact) mass is 284 g/mol. The second kappa shape index (κ2) is 5.56. The molecule has 102 valence electrons. The standard InChI is InChI=1S/C15H16N4S/c1-2-12-7-13-14(17-9-18-15(13)20-12)19-11-5-3-10(8-16)4-6-11/h3-7,9H,2,8,16H2,1H3,(H,17,18,19). The number of aromatic nitrogens is 2. The Morgan fingerprint density at radius 1 is 1.20 bits per heavy atom. The van der Waals surface area contributed by atoms with Crippen molar-refractivity contribution in [2.45, 2.75) is 19.9 Å². The van der Waals surface area contributed by atoms with Crippen LogP contribution in [-0.4, -0.2) is 9.97 Å². The lowest BCUT2D eigenvalue weighted by Gasteiger charge is -2.06. The lowest BCUT2D eigenvalue weighted by atomic mass is 10.2. The van der Waals surface area contributed by atoms with Gasteiger partial charge < -0.3 is 11.1 Å². The van der Waals surface area contributed by atoms with Crippen molar-refractivity contribution in [3.63, 3.8) is 0 Å². The van der Waals surface area contributed by atoms with Crippen LogP contribution in [0.4, 0.5) is 11.5 Å². The van der Waals surface area contributed by atoms with Crippen LogP contribution >= 0.6 is 11.3 Å². The molecule has 0 amide bonds. The summed E-state index contributed by atoms with van der Waals surface area (Å²) >= 11 is 1.72. The van der Waals surface area contributed by atoms with Gasteiger partial charge in [-0.15, -0.1) is 11.3 Å². The molecule has 0 aliphatic heterocycles. The maximum absolute atomic E-state index is 5.61. The molecule has 0 spiro atoms. The van der Waals surface area contributed by atoms with E-state index in [-0.39, 0.29) is 0 Å². The van der Waals surface area contributed by atoms with E-state index < -0.39 is 0 Å². The maximum Gasteiger partial charge on any atom is 0.142 e. The summed E-state index contributed by atoms with van der Waals surface area (Å²) in [6.07, 6.45) is 2.63. The van der Waals surface area contributed by atoms with E-state index in [0.717, 1.165) is 33.7 Å². The fourth-order valence-electron chi connectivity index (χ4n) is 2.04. The van der Waals surface area contributed by atoms with Gasteiger partial charge in [-0.2, -0.15) is 0 Å². The highest BCUT2D eigenvalue weighted by Gasteiger charge is 2.08. The van der Waals surface area contributed by atoms with Crippen molar-refractivity contribution in [1.29, 1.82) is 0 Å². The average Bonchev–Trinajstić information content (AvgIpc) is 2.92. The summed E-state index contributed by atoms with van der Waals surface area (Å²) in [5.41, 5.74) is 7.73. The molecule has 3 aromatic rings.